The van der Waals surface area contributed by atoms with E-state index in [1.807, 2.05) is 0 Å². The van der Waals surface area contributed by atoms with Gasteiger partial charge >= 0.3 is 0 Å². The Balaban J connectivity index is 2.02. The molecule has 0 saturated carbocycles. The van der Waals surface area contributed by atoms with Crippen molar-refractivity contribution in [2.45, 2.75) is 18.9 Å². The number of hydrogen-bond acceptors (Lipinski definition) is 2. The van der Waals surface area contributed by atoms with Gasteiger partial charge in [-0.1, -0.05) is 11.6 Å². The number of amides is 1. The fraction of sp³-hybridized carbons (Fsp3) is 0.364. The summed E-state index contributed by atoms with van der Waals surface area (Å²) in [7, 11) is 0. The van der Waals surface area contributed by atoms with Crippen LogP contribution in [0, 0.1) is 5.82 Å². The van der Waals surface area contributed by atoms with Crippen molar-refractivity contribution in [3.8, 4) is 0 Å². The van der Waals surface area contributed by atoms with Gasteiger partial charge < -0.3 is 10.1 Å². The van der Waals surface area contributed by atoms with Crippen molar-refractivity contribution in [2.75, 3.05) is 11.9 Å². The Hall–Kier alpha value is -1.13. The quantitative estimate of drug-likeness (QED) is 0.867. The molecule has 3 nitrogen and oxygen atoms in total. The third kappa shape index (κ3) is 2.51. The van der Waals surface area contributed by atoms with Gasteiger partial charge in [0.25, 0.3) is 5.91 Å². The van der Waals surface area contributed by atoms with Gasteiger partial charge in [-0.25, -0.2) is 4.39 Å². The molecule has 1 aliphatic rings. The molecule has 2 rings (SSSR count). The monoisotopic (exact) mass is 243 g/mol. The lowest BCUT2D eigenvalue weighted by atomic mass is 10.2. The van der Waals surface area contributed by atoms with E-state index in [0.717, 1.165) is 6.42 Å². The molecule has 1 heterocycles. The zero-order chi connectivity index (χ0) is 11.5. The van der Waals surface area contributed by atoms with Crippen LogP contribution in [0.25, 0.3) is 0 Å². The lowest BCUT2D eigenvalue weighted by molar-refractivity contribution is -0.124. The summed E-state index contributed by atoms with van der Waals surface area (Å²) in [4.78, 5) is 11.6. The highest BCUT2D eigenvalue weighted by molar-refractivity contribution is 6.30. The van der Waals surface area contributed by atoms with Crippen LogP contribution in [-0.2, 0) is 9.53 Å². The normalized spacial score (nSPS) is 19.8. The van der Waals surface area contributed by atoms with Gasteiger partial charge in [-0.3, -0.25) is 4.79 Å². The average Bonchev–Trinajstić information content (AvgIpc) is 2.77. The standard InChI is InChI=1S/C11H11ClFNO2/c12-8-4-3-7(6-9(8)13)14-11(15)10-2-1-5-16-10/h3-4,6,10H,1-2,5H2,(H,14,15). The van der Waals surface area contributed by atoms with Crippen molar-refractivity contribution in [2.24, 2.45) is 0 Å². The number of carbonyl (C=O) groups is 1. The largest absolute Gasteiger partial charge is 0.368 e. The number of hydrogen-bond donors (Lipinski definition) is 1. The van der Waals surface area contributed by atoms with Gasteiger partial charge in [-0.05, 0) is 31.0 Å². The summed E-state index contributed by atoms with van der Waals surface area (Å²) in [5.41, 5.74) is 0.391. The fourth-order valence-electron chi connectivity index (χ4n) is 1.58. The first-order chi connectivity index (χ1) is 7.66. The molecule has 86 valence electrons. The van der Waals surface area contributed by atoms with E-state index < -0.39 is 11.9 Å². The Morgan fingerprint density at radius 2 is 2.38 bits per heavy atom. The molecule has 0 spiro atoms. The van der Waals surface area contributed by atoms with Crippen LogP contribution in [-0.4, -0.2) is 18.6 Å². The van der Waals surface area contributed by atoms with Crippen molar-refractivity contribution >= 4 is 23.2 Å². The van der Waals surface area contributed by atoms with E-state index in [0.29, 0.717) is 18.7 Å². The highest BCUT2D eigenvalue weighted by Crippen LogP contribution is 2.20. The Kier molecular flexibility index (Phi) is 3.41. The molecule has 1 amide bonds. The first kappa shape index (κ1) is 11.4. The SMILES string of the molecule is O=C(Nc1ccc(Cl)c(F)c1)C1CCCO1. The van der Waals surface area contributed by atoms with Crippen LogP contribution in [0.1, 0.15) is 12.8 Å². The highest BCUT2D eigenvalue weighted by atomic mass is 35.5. The summed E-state index contributed by atoms with van der Waals surface area (Å²) in [6, 6.07) is 4.15. The lowest BCUT2D eigenvalue weighted by Gasteiger charge is -2.10. The molecule has 16 heavy (non-hydrogen) atoms. The fourth-order valence-corrected chi connectivity index (χ4v) is 1.70. The summed E-state index contributed by atoms with van der Waals surface area (Å²) in [6.45, 7) is 0.604. The van der Waals surface area contributed by atoms with Gasteiger partial charge in [0, 0.05) is 12.3 Å². The molecule has 0 aromatic heterocycles. The molecular weight excluding hydrogens is 233 g/mol. The maximum Gasteiger partial charge on any atom is 0.253 e. The molecule has 1 aromatic carbocycles. The number of ether oxygens (including phenoxy) is 1. The minimum absolute atomic E-state index is 0.0371. The lowest BCUT2D eigenvalue weighted by Crippen LogP contribution is -2.26. The predicted octanol–water partition coefficient (Wildman–Crippen LogP) is 2.60. The molecule has 5 heteroatoms. The molecule has 1 aliphatic heterocycles. The van der Waals surface area contributed by atoms with E-state index in [1.54, 1.807) is 6.07 Å². The molecule has 1 unspecified atom stereocenters. The Morgan fingerprint density at radius 1 is 1.56 bits per heavy atom. The van der Waals surface area contributed by atoms with Crippen molar-refractivity contribution in [3.05, 3.63) is 29.0 Å². The van der Waals surface area contributed by atoms with Crippen LogP contribution in [0.2, 0.25) is 5.02 Å². The second-order valence-electron chi connectivity index (χ2n) is 3.62. The zero-order valence-corrected chi connectivity index (χ0v) is 9.26. The molecule has 1 aromatic rings. The number of anilines is 1. The number of benzene rings is 1. The predicted molar refractivity (Wildman–Crippen MR) is 59.0 cm³/mol. The first-order valence-electron chi connectivity index (χ1n) is 5.04. The van der Waals surface area contributed by atoms with E-state index >= 15 is 0 Å². The van der Waals surface area contributed by atoms with Crippen molar-refractivity contribution < 1.29 is 13.9 Å². The van der Waals surface area contributed by atoms with Gasteiger partial charge in [-0.15, -0.1) is 0 Å². The molecular formula is C11H11ClFNO2. The number of nitrogens with one attached hydrogen (secondary N) is 1. The van der Waals surface area contributed by atoms with Crippen LogP contribution < -0.4 is 5.32 Å². The van der Waals surface area contributed by atoms with Crippen molar-refractivity contribution in [3.63, 3.8) is 0 Å². The van der Waals surface area contributed by atoms with Crippen molar-refractivity contribution in [1.82, 2.24) is 0 Å². The molecule has 0 radical (unpaired) electrons. The van der Waals surface area contributed by atoms with Crippen LogP contribution in [0.3, 0.4) is 0 Å². The van der Waals surface area contributed by atoms with E-state index in [1.165, 1.54) is 12.1 Å². The van der Waals surface area contributed by atoms with Crippen LogP contribution in [0.5, 0.6) is 0 Å². The molecule has 0 bridgehead atoms. The molecule has 1 N–H and O–H groups in total. The zero-order valence-electron chi connectivity index (χ0n) is 8.50. The van der Waals surface area contributed by atoms with Gasteiger partial charge in [0.05, 0.1) is 5.02 Å². The third-order valence-corrected chi connectivity index (χ3v) is 2.72. The summed E-state index contributed by atoms with van der Waals surface area (Å²) in [5, 5.41) is 2.63. The second-order valence-corrected chi connectivity index (χ2v) is 4.03. The first-order valence-corrected chi connectivity index (χ1v) is 5.42. The highest BCUT2D eigenvalue weighted by Gasteiger charge is 2.23. The van der Waals surface area contributed by atoms with E-state index in [4.69, 9.17) is 16.3 Å². The minimum atomic E-state index is -0.549. The average molecular weight is 244 g/mol. The van der Waals surface area contributed by atoms with Gasteiger partial charge in [0.15, 0.2) is 0 Å². The smallest absolute Gasteiger partial charge is 0.253 e. The number of halogens is 2. The molecule has 0 aliphatic carbocycles. The second kappa shape index (κ2) is 4.80. The molecule has 1 fully saturated rings. The maximum absolute atomic E-state index is 13.1. The Bertz CT molecular complexity index is 405. The maximum atomic E-state index is 13.1. The Morgan fingerprint density at radius 3 is 3.00 bits per heavy atom. The van der Waals surface area contributed by atoms with Gasteiger partial charge in [-0.2, -0.15) is 0 Å². The number of rotatable bonds is 2. The summed E-state index contributed by atoms with van der Waals surface area (Å²) in [6.07, 6.45) is 1.17. The van der Waals surface area contributed by atoms with E-state index in [-0.39, 0.29) is 10.9 Å². The molecule has 1 atom stereocenters. The van der Waals surface area contributed by atoms with E-state index in [2.05, 4.69) is 5.32 Å². The van der Waals surface area contributed by atoms with Crippen LogP contribution in [0.4, 0.5) is 10.1 Å². The molecule has 1 saturated heterocycles. The summed E-state index contributed by atoms with van der Waals surface area (Å²) < 4.78 is 18.3. The van der Waals surface area contributed by atoms with Crippen LogP contribution in [0.15, 0.2) is 18.2 Å². The van der Waals surface area contributed by atoms with Crippen LogP contribution >= 0.6 is 11.6 Å². The summed E-state index contributed by atoms with van der Waals surface area (Å²) in [5.74, 6) is -0.786. The van der Waals surface area contributed by atoms with Crippen molar-refractivity contribution in [1.29, 1.82) is 0 Å². The van der Waals surface area contributed by atoms with Gasteiger partial charge in [0.2, 0.25) is 0 Å². The third-order valence-electron chi connectivity index (χ3n) is 2.41. The minimum Gasteiger partial charge on any atom is -0.368 e. The topological polar surface area (TPSA) is 38.3 Å². The summed E-state index contributed by atoms with van der Waals surface area (Å²) >= 11 is 5.53. The number of carbonyl (C=O) groups excluding carboxylic acids is 1. The van der Waals surface area contributed by atoms with E-state index in [9.17, 15) is 9.18 Å². The Labute approximate surface area is 97.5 Å². The van der Waals surface area contributed by atoms with Gasteiger partial charge in [0.1, 0.15) is 11.9 Å².